The number of carbonyl (C=O) groups is 2. The molecular formula is C16H14ClFN4O3. The minimum absolute atomic E-state index is 0.0691. The van der Waals surface area contributed by atoms with Gasteiger partial charge in [-0.2, -0.15) is 0 Å². The molecular weight excluding hydrogens is 351 g/mol. The number of halogens is 2. The second-order valence-corrected chi connectivity index (χ2v) is 6.06. The van der Waals surface area contributed by atoms with E-state index in [4.69, 9.17) is 11.6 Å². The number of anilines is 1. The monoisotopic (exact) mass is 364 g/mol. The molecule has 0 radical (unpaired) electrons. The van der Waals surface area contributed by atoms with Crippen molar-refractivity contribution < 1.29 is 19.1 Å². The summed E-state index contributed by atoms with van der Waals surface area (Å²) in [7, 11) is 0. The highest BCUT2D eigenvalue weighted by Crippen LogP contribution is 2.27. The SMILES string of the molecule is O=C(NCc1cc(F)cc(Cl)c1)[C@@]1(O)CCN(c2cncnc2)C1=O. The number of carbonyl (C=O) groups excluding carboxylic acids is 2. The zero-order valence-electron chi connectivity index (χ0n) is 12.9. The number of amides is 2. The number of benzene rings is 1. The summed E-state index contributed by atoms with van der Waals surface area (Å²) in [5.74, 6) is -2.14. The van der Waals surface area contributed by atoms with Gasteiger partial charge in [0, 0.05) is 24.5 Å². The zero-order valence-corrected chi connectivity index (χ0v) is 13.7. The Kier molecular flexibility index (Phi) is 4.65. The molecule has 2 N–H and O–H groups in total. The first-order chi connectivity index (χ1) is 11.9. The van der Waals surface area contributed by atoms with Gasteiger partial charge in [0.05, 0.1) is 18.1 Å². The number of aliphatic hydroxyl groups is 1. The molecule has 1 aromatic heterocycles. The Morgan fingerprint density at radius 1 is 1.36 bits per heavy atom. The van der Waals surface area contributed by atoms with Gasteiger partial charge in [-0.3, -0.25) is 9.59 Å². The van der Waals surface area contributed by atoms with Gasteiger partial charge in [-0.1, -0.05) is 11.6 Å². The molecule has 0 spiro atoms. The van der Waals surface area contributed by atoms with E-state index in [1.807, 2.05) is 0 Å². The van der Waals surface area contributed by atoms with Crippen LogP contribution in [0.5, 0.6) is 0 Å². The smallest absolute Gasteiger partial charge is 0.268 e. The summed E-state index contributed by atoms with van der Waals surface area (Å²) in [4.78, 5) is 33.7. The Bertz CT molecular complexity index is 800. The molecule has 0 aliphatic carbocycles. The maximum atomic E-state index is 13.3. The highest BCUT2D eigenvalue weighted by molar-refractivity contribution is 6.30. The van der Waals surface area contributed by atoms with Gasteiger partial charge in [0.25, 0.3) is 11.8 Å². The van der Waals surface area contributed by atoms with Gasteiger partial charge < -0.3 is 15.3 Å². The van der Waals surface area contributed by atoms with Crippen LogP contribution in [0.25, 0.3) is 0 Å². The topological polar surface area (TPSA) is 95.4 Å². The van der Waals surface area contributed by atoms with Gasteiger partial charge >= 0.3 is 0 Å². The molecule has 1 saturated heterocycles. The predicted molar refractivity (Wildman–Crippen MR) is 87.2 cm³/mol. The van der Waals surface area contributed by atoms with Crippen LogP contribution in [0.3, 0.4) is 0 Å². The number of nitrogens with one attached hydrogen (secondary N) is 1. The standard InChI is InChI=1S/C16H14ClFN4O3/c17-11-3-10(4-12(18)5-11)6-21-14(23)16(25)1-2-22(15(16)24)13-7-19-9-20-8-13/h3-5,7-9,25H,1-2,6H2,(H,21,23)/t16-/m0/s1. The van der Waals surface area contributed by atoms with Crippen LogP contribution in [0.1, 0.15) is 12.0 Å². The van der Waals surface area contributed by atoms with Crippen LogP contribution < -0.4 is 10.2 Å². The number of aromatic nitrogens is 2. The lowest BCUT2D eigenvalue weighted by Crippen LogP contribution is -2.52. The van der Waals surface area contributed by atoms with Crippen LogP contribution in [0.15, 0.2) is 36.9 Å². The fourth-order valence-electron chi connectivity index (χ4n) is 2.63. The summed E-state index contributed by atoms with van der Waals surface area (Å²) in [6, 6.07) is 3.83. The van der Waals surface area contributed by atoms with Crippen LogP contribution in [0, 0.1) is 5.82 Å². The Morgan fingerprint density at radius 3 is 2.76 bits per heavy atom. The Hall–Kier alpha value is -2.58. The Labute approximate surface area is 147 Å². The summed E-state index contributed by atoms with van der Waals surface area (Å²) < 4.78 is 13.3. The fourth-order valence-corrected chi connectivity index (χ4v) is 2.88. The number of hydrogen-bond acceptors (Lipinski definition) is 5. The first-order valence-corrected chi connectivity index (χ1v) is 7.80. The van der Waals surface area contributed by atoms with Crippen LogP contribution in [0.4, 0.5) is 10.1 Å². The molecule has 2 heterocycles. The van der Waals surface area contributed by atoms with Crippen molar-refractivity contribution in [3.8, 4) is 0 Å². The molecule has 3 rings (SSSR count). The van der Waals surface area contributed by atoms with Crippen LogP contribution in [-0.2, 0) is 16.1 Å². The molecule has 1 aliphatic rings. The van der Waals surface area contributed by atoms with E-state index in [2.05, 4.69) is 15.3 Å². The largest absolute Gasteiger partial charge is 0.372 e. The summed E-state index contributed by atoms with van der Waals surface area (Å²) in [5.41, 5.74) is -1.37. The van der Waals surface area contributed by atoms with Crippen molar-refractivity contribution in [2.45, 2.75) is 18.6 Å². The highest BCUT2D eigenvalue weighted by atomic mass is 35.5. The third-order valence-electron chi connectivity index (χ3n) is 3.91. The lowest BCUT2D eigenvalue weighted by atomic mass is 10.0. The summed E-state index contributed by atoms with van der Waals surface area (Å²) >= 11 is 5.76. The number of nitrogens with zero attached hydrogens (tertiary/aromatic N) is 3. The second kappa shape index (κ2) is 6.73. The molecule has 130 valence electrons. The Balaban J connectivity index is 1.70. The van der Waals surface area contributed by atoms with Gasteiger partial charge in [-0.05, 0) is 23.8 Å². The second-order valence-electron chi connectivity index (χ2n) is 5.62. The summed E-state index contributed by atoms with van der Waals surface area (Å²) in [6.07, 6.45) is 4.08. The quantitative estimate of drug-likeness (QED) is 0.791. The number of rotatable bonds is 4. The molecule has 0 bridgehead atoms. The van der Waals surface area contributed by atoms with Crippen LogP contribution >= 0.6 is 11.6 Å². The molecule has 1 atom stereocenters. The van der Waals surface area contributed by atoms with E-state index in [0.717, 1.165) is 6.07 Å². The molecule has 7 nitrogen and oxygen atoms in total. The van der Waals surface area contributed by atoms with E-state index in [0.29, 0.717) is 11.3 Å². The summed E-state index contributed by atoms with van der Waals surface area (Å²) in [6.45, 7) is 0.0856. The van der Waals surface area contributed by atoms with Gasteiger partial charge in [0.2, 0.25) is 5.60 Å². The first-order valence-electron chi connectivity index (χ1n) is 7.43. The highest BCUT2D eigenvalue weighted by Gasteiger charge is 2.51. The lowest BCUT2D eigenvalue weighted by Gasteiger charge is -2.21. The fraction of sp³-hybridized carbons (Fsp3) is 0.250. The molecule has 1 fully saturated rings. The average molecular weight is 365 g/mol. The molecule has 25 heavy (non-hydrogen) atoms. The zero-order chi connectivity index (χ0) is 18.0. The van der Waals surface area contributed by atoms with Gasteiger partial charge in [-0.15, -0.1) is 0 Å². The van der Waals surface area contributed by atoms with Gasteiger partial charge in [0.1, 0.15) is 12.1 Å². The van der Waals surface area contributed by atoms with Crippen molar-refractivity contribution in [1.82, 2.24) is 15.3 Å². The molecule has 0 unspecified atom stereocenters. The third kappa shape index (κ3) is 3.45. The van der Waals surface area contributed by atoms with Crippen molar-refractivity contribution in [2.75, 3.05) is 11.4 Å². The van der Waals surface area contributed by atoms with E-state index in [-0.39, 0.29) is 24.5 Å². The Morgan fingerprint density at radius 2 is 2.08 bits per heavy atom. The first kappa shape index (κ1) is 17.2. The van der Waals surface area contributed by atoms with Crippen LogP contribution in [-0.4, -0.2) is 39.0 Å². The maximum absolute atomic E-state index is 13.3. The van der Waals surface area contributed by atoms with E-state index < -0.39 is 23.2 Å². The van der Waals surface area contributed by atoms with Gasteiger partial charge in [-0.25, -0.2) is 14.4 Å². The average Bonchev–Trinajstić information content (AvgIpc) is 2.89. The van der Waals surface area contributed by atoms with E-state index in [1.165, 1.54) is 35.8 Å². The summed E-state index contributed by atoms with van der Waals surface area (Å²) in [5, 5.41) is 13.1. The van der Waals surface area contributed by atoms with Crippen molar-refractivity contribution in [1.29, 1.82) is 0 Å². The lowest BCUT2D eigenvalue weighted by molar-refractivity contribution is -0.149. The predicted octanol–water partition coefficient (Wildman–Crippen LogP) is 1.05. The maximum Gasteiger partial charge on any atom is 0.268 e. The van der Waals surface area contributed by atoms with E-state index in [9.17, 15) is 19.1 Å². The normalized spacial score (nSPS) is 20.0. The van der Waals surface area contributed by atoms with Crippen molar-refractivity contribution in [3.05, 3.63) is 53.3 Å². The molecule has 1 aromatic carbocycles. The van der Waals surface area contributed by atoms with E-state index >= 15 is 0 Å². The molecule has 0 saturated carbocycles. The van der Waals surface area contributed by atoms with Gasteiger partial charge in [0.15, 0.2) is 0 Å². The molecule has 2 amide bonds. The van der Waals surface area contributed by atoms with Crippen molar-refractivity contribution in [3.63, 3.8) is 0 Å². The minimum Gasteiger partial charge on any atom is -0.372 e. The van der Waals surface area contributed by atoms with Crippen molar-refractivity contribution >= 4 is 29.1 Å². The molecule has 1 aliphatic heterocycles. The third-order valence-corrected chi connectivity index (χ3v) is 4.12. The minimum atomic E-state index is -2.19. The van der Waals surface area contributed by atoms with E-state index in [1.54, 1.807) is 0 Å². The van der Waals surface area contributed by atoms with Crippen LogP contribution in [0.2, 0.25) is 5.02 Å². The number of hydrogen-bond donors (Lipinski definition) is 2. The van der Waals surface area contributed by atoms with Crippen molar-refractivity contribution in [2.24, 2.45) is 0 Å². The molecule has 2 aromatic rings. The molecule has 9 heteroatoms.